The molecule has 2 rings (SSSR count). The van der Waals surface area contributed by atoms with Gasteiger partial charge >= 0.3 is 0 Å². The minimum Gasteiger partial charge on any atom is -0.396 e. The lowest BCUT2D eigenvalue weighted by Gasteiger charge is -2.31. The van der Waals surface area contributed by atoms with Crippen molar-refractivity contribution in [3.8, 4) is 0 Å². The monoisotopic (exact) mass is 381 g/mol. The van der Waals surface area contributed by atoms with Crippen LogP contribution in [0.25, 0.3) is 0 Å². The molecule has 1 saturated heterocycles. The maximum absolute atomic E-state index is 12.6. The van der Waals surface area contributed by atoms with Gasteiger partial charge in [0.05, 0.1) is 5.02 Å². The lowest BCUT2D eigenvalue weighted by Crippen LogP contribution is -2.40. The summed E-state index contributed by atoms with van der Waals surface area (Å²) in [5, 5.41) is 9.23. The number of rotatable bonds is 4. The van der Waals surface area contributed by atoms with Crippen LogP contribution in [0.15, 0.2) is 27.6 Å². The molecule has 0 spiro atoms. The molecule has 1 aromatic carbocycles. The molecular formula is C13H17BrClNO3S. The number of hydrogen-bond donors (Lipinski definition) is 1. The Morgan fingerprint density at radius 2 is 2.20 bits per heavy atom. The molecule has 7 heteroatoms. The number of benzene rings is 1. The van der Waals surface area contributed by atoms with Gasteiger partial charge in [-0.05, 0) is 43.4 Å². The van der Waals surface area contributed by atoms with Gasteiger partial charge in [-0.25, -0.2) is 8.42 Å². The normalized spacial score (nSPS) is 21.1. The van der Waals surface area contributed by atoms with E-state index in [-0.39, 0.29) is 22.4 Å². The molecule has 0 saturated carbocycles. The second-order valence-corrected chi connectivity index (χ2v) is 8.19. The minimum absolute atomic E-state index is 0.0948. The summed E-state index contributed by atoms with van der Waals surface area (Å²) in [5.41, 5.74) is 0. The molecule has 1 fully saturated rings. The Morgan fingerprint density at radius 1 is 1.45 bits per heavy atom. The molecule has 0 aliphatic carbocycles. The van der Waals surface area contributed by atoms with Crippen molar-refractivity contribution in [1.82, 2.24) is 4.31 Å². The molecule has 1 N–H and O–H groups in total. The van der Waals surface area contributed by atoms with Crippen LogP contribution in [-0.4, -0.2) is 37.5 Å². The lowest BCUT2D eigenvalue weighted by molar-refractivity contribution is 0.203. The van der Waals surface area contributed by atoms with Gasteiger partial charge in [0, 0.05) is 24.2 Å². The molecule has 112 valence electrons. The van der Waals surface area contributed by atoms with Crippen molar-refractivity contribution in [3.05, 3.63) is 27.7 Å². The summed E-state index contributed by atoms with van der Waals surface area (Å²) in [6, 6.07) is 4.79. The Kier molecular flexibility index (Phi) is 5.48. The standard InChI is InChI=1S/C13H17BrClNO3S/c14-11-3-4-13(12(15)8-11)20(18,19)16-6-1-2-10(9-16)5-7-17/h3-4,8,10,17H,1-2,5-7,9H2. The van der Waals surface area contributed by atoms with Crippen LogP contribution in [0.4, 0.5) is 0 Å². The highest BCUT2D eigenvalue weighted by Crippen LogP contribution is 2.30. The van der Waals surface area contributed by atoms with Crippen LogP contribution < -0.4 is 0 Å². The smallest absolute Gasteiger partial charge is 0.244 e. The first-order valence-electron chi connectivity index (χ1n) is 6.51. The lowest BCUT2D eigenvalue weighted by atomic mass is 9.97. The maximum atomic E-state index is 12.6. The van der Waals surface area contributed by atoms with E-state index >= 15 is 0 Å². The molecule has 1 heterocycles. The average molecular weight is 383 g/mol. The fourth-order valence-corrected chi connectivity index (χ4v) is 5.05. The van der Waals surface area contributed by atoms with E-state index in [9.17, 15) is 8.42 Å². The number of halogens is 2. The summed E-state index contributed by atoms with van der Waals surface area (Å²) >= 11 is 9.32. The van der Waals surface area contributed by atoms with Gasteiger partial charge in [0.15, 0.2) is 0 Å². The molecule has 4 nitrogen and oxygen atoms in total. The predicted octanol–water partition coefficient (Wildman–Crippen LogP) is 2.89. The van der Waals surface area contributed by atoms with E-state index in [1.165, 1.54) is 10.4 Å². The number of nitrogens with zero attached hydrogens (tertiary/aromatic N) is 1. The summed E-state index contributed by atoms with van der Waals surface area (Å²) < 4.78 is 27.5. The molecule has 1 aromatic rings. The third-order valence-corrected chi connectivity index (χ3v) is 6.37. The zero-order valence-corrected chi connectivity index (χ0v) is 14.1. The van der Waals surface area contributed by atoms with E-state index in [2.05, 4.69) is 15.9 Å². The Hall–Kier alpha value is -0.140. The van der Waals surface area contributed by atoms with Crippen LogP contribution in [0.2, 0.25) is 5.02 Å². The zero-order valence-electron chi connectivity index (χ0n) is 10.9. The number of aliphatic hydroxyl groups excluding tert-OH is 1. The molecule has 20 heavy (non-hydrogen) atoms. The second kappa shape index (κ2) is 6.75. The molecule has 1 unspecified atom stereocenters. The van der Waals surface area contributed by atoms with Crippen LogP contribution in [0.5, 0.6) is 0 Å². The molecule has 0 bridgehead atoms. The van der Waals surface area contributed by atoms with E-state index < -0.39 is 10.0 Å². The largest absolute Gasteiger partial charge is 0.396 e. The fraction of sp³-hybridized carbons (Fsp3) is 0.538. The topological polar surface area (TPSA) is 57.6 Å². The molecule has 1 atom stereocenters. The molecule has 0 radical (unpaired) electrons. The number of aliphatic hydroxyl groups is 1. The van der Waals surface area contributed by atoms with Gasteiger partial charge in [-0.3, -0.25) is 0 Å². The Bertz CT molecular complexity index is 577. The predicted molar refractivity (Wildman–Crippen MR) is 82.3 cm³/mol. The molecule has 0 aromatic heterocycles. The van der Waals surface area contributed by atoms with Gasteiger partial charge in [0.25, 0.3) is 0 Å². The highest BCUT2D eigenvalue weighted by Gasteiger charge is 2.31. The molecular weight excluding hydrogens is 366 g/mol. The summed E-state index contributed by atoms with van der Waals surface area (Å²) in [6.07, 6.45) is 2.42. The number of piperidine rings is 1. The van der Waals surface area contributed by atoms with Crippen molar-refractivity contribution in [1.29, 1.82) is 0 Å². The van der Waals surface area contributed by atoms with Crippen molar-refractivity contribution in [2.75, 3.05) is 19.7 Å². The van der Waals surface area contributed by atoms with Gasteiger partial charge in [-0.15, -0.1) is 0 Å². The van der Waals surface area contributed by atoms with E-state index in [1.807, 2.05) is 0 Å². The van der Waals surface area contributed by atoms with Gasteiger partial charge < -0.3 is 5.11 Å². The average Bonchev–Trinajstić information content (AvgIpc) is 2.39. The summed E-state index contributed by atoms with van der Waals surface area (Å²) in [7, 11) is -3.56. The summed E-state index contributed by atoms with van der Waals surface area (Å²) in [6.45, 7) is 1.06. The van der Waals surface area contributed by atoms with Crippen LogP contribution >= 0.6 is 27.5 Å². The molecule has 1 aliphatic heterocycles. The van der Waals surface area contributed by atoms with Crippen molar-refractivity contribution < 1.29 is 13.5 Å². The fourth-order valence-electron chi connectivity index (χ4n) is 2.49. The molecule has 1 aliphatic rings. The Morgan fingerprint density at radius 3 is 2.85 bits per heavy atom. The highest BCUT2D eigenvalue weighted by molar-refractivity contribution is 9.10. The van der Waals surface area contributed by atoms with Crippen molar-refractivity contribution in [2.24, 2.45) is 5.92 Å². The first-order valence-corrected chi connectivity index (χ1v) is 9.12. The third kappa shape index (κ3) is 3.54. The highest BCUT2D eigenvalue weighted by atomic mass is 79.9. The number of hydrogen-bond acceptors (Lipinski definition) is 3. The van der Waals surface area contributed by atoms with Crippen molar-refractivity contribution >= 4 is 37.6 Å². The van der Waals surface area contributed by atoms with Gasteiger partial charge in [-0.2, -0.15) is 4.31 Å². The van der Waals surface area contributed by atoms with Gasteiger partial charge in [0.2, 0.25) is 10.0 Å². The van der Waals surface area contributed by atoms with Crippen LogP contribution in [0.3, 0.4) is 0 Å². The van der Waals surface area contributed by atoms with Gasteiger partial charge in [-0.1, -0.05) is 27.5 Å². The number of sulfonamides is 1. The first kappa shape index (κ1) is 16.2. The second-order valence-electron chi connectivity index (χ2n) is 4.96. The zero-order chi connectivity index (χ0) is 14.8. The van der Waals surface area contributed by atoms with E-state index in [1.54, 1.807) is 12.1 Å². The van der Waals surface area contributed by atoms with Gasteiger partial charge in [0.1, 0.15) is 4.90 Å². The van der Waals surface area contributed by atoms with Crippen molar-refractivity contribution in [2.45, 2.75) is 24.2 Å². The quantitative estimate of drug-likeness (QED) is 0.871. The summed E-state index contributed by atoms with van der Waals surface area (Å²) in [5.74, 6) is 0.220. The SMILES string of the molecule is O=S(=O)(c1ccc(Br)cc1Cl)N1CCCC(CCO)C1. The van der Waals surface area contributed by atoms with Crippen LogP contribution in [0, 0.1) is 5.92 Å². The summed E-state index contributed by atoms with van der Waals surface area (Å²) in [4.78, 5) is 0.145. The third-order valence-electron chi connectivity index (χ3n) is 3.53. The Labute approximate surface area is 132 Å². The van der Waals surface area contributed by atoms with E-state index in [0.29, 0.717) is 19.5 Å². The maximum Gasteiger partial charge on any atom is 0.244 e. The molecule has 0 amide bonds. The van der Waals surface area contributed by atoms with Crippen LogP contribution in [0.1, 0.15) is 19.3 Å². The first-order chi connectivity index (χ1) is 9.45. The van der Waals surface area contributed by atoms with Crippen LogP contribution in [-0.2, 0) is 10.0 Å². The minimum atomic E-state index is -3.56. The van der Waals surface area contributed by atoms with Crippen molar-refractivity contribution in [3.63, 3.8) is 0 Å². The Balaban J connectivity index is 2.25. The van der Waals surface area contributed by atoms with E-state index in [4.69, 9.17) is 16.7 Å². The van der Waals surface area contributed by atoms with E-state index in [0.717, 1.165) is 17.3 Å².